The van der Waals surface area contributed by atoms with Gasteiger partial charge >= 0.3 is 0 Å². The smallest absolute Gasteiger partial charge is 0.0759 e. The van der Waals surface area contributed by atoms with E-state index >= 15 is 0 Å². The van der Waals surface area contributed by atoms with E-state index in [0.29, 0.717) is 6.10 Å². The summed E-state index contributed by atoms with van der Waals surface area (Å²) in [5, 5.41) is 3.43. The third-order valence-corrected chi connectivity index (χ3v) is 2.39. The Labute approximate surface area is 87.7 Å². The number of rotatable bonds is 5. The zero-order valence-corrected chi connectivity index (χ0v) is 9.68. The Morgan fingerprint density at radius 2 is 2.36 bits per heavy atom. The van der Waals surface area contributed by atoms with Gasteiger partial charge in [0.05, 0.1) is 6.10 Å². The highest BCUT2D eigenvalue weighted by Gasteiger charge is 2.12. The van der Waals surface area contributed by atoms with Gasteiger partial charge in [0, 0.05) is 13.2 Å². The van der Waals surface area contributed by atoms with E-state index in [0.717, 1.165) is 25.6 Å². The van der Waals surface area contributed by atoms with Crippen molar-refractivity contribution < 1.29 is 4.74 Å². The minimum absolute atomic E-state index is 0.385. The van der Waals surface area contributed by atoms with Crippen LogP contribution in [0.25, 0.3) is 0 Å². The van der Waals surface area contributed by atoms with Gasteiger partial charge in [-0.15, -0.1) is 0 Å². The first-order valence-electron chi connectivity index (χ1n) is 5.68. The summed E-state index contributed by atoms with van der Waals surface area (Å²) in [6.07, 6.45) is 5.06. The summed E-state index contributed by atoms with van der Waals surface area (Å²) >= 11 is 0. The van der Waals surface area contributed by atoms with E-state index in [1.54, 1.807) is 0 Å². The van der Waals surface area contributed by atoms with Crippen molar-refractivity contribution in [2.24, 2.45) is 5.92 Å². The molecule has 0 saturated carbocycles. The van der Waals surface area contributed by atoms with E-state index in [-0.39, 0.29) is 0 Å². The summed E-state index contributed by atoms with van der Waals surface area (Å²) < 4.78 is 5.55. The fraction of sp³-hybridized carbons (Fsp3) is 0.833. The molecule has 0 aromatic heterocycles. The summed E-state index contributed by atoms with van der Waals surface area (Å²) in [6.45, 7) is 9.66. The Kier molecular flexibility index (Phi) is 5.20. The molecule has 1 unspecified atom stereocenters. The number of nitrogens with one attached hydrogen (secondary N) is 1. The lowest BCUT2D eigenvalue weighted by atomic mass is 10.1. The van der Waals surface area contributed by atoms with Gasteiger partial charge in [0.1, 0.15) is 0 Å². The van der Waals surface area contributed by atoms with Crippen LogP contribution in [0.15, 0.2) is 11.6 Å². The normalized spacial score (nSPS) is 23.4. The summed E-state index contributed by atoms with van der Waals surface area (Å²) in [7, 11) is 0. The molecule has 1 rings (SSSR count). The highest BCUT2D eigenvalue weighted by atomic mass is 16.5. The zero-order valence-electron chi connectivity index (χ0n) is 9.68. The lowest BCUT2D eigenvalue weighted by Gasteiger charge is -2.09. The molecule has 14 heavy (non-hydrogen) atoms. The van der Waals surface area contributed by atoms with E-state index in [4.69, 9.17) is 4.74 Å². The standard InChI is InChI=1S/C12H23NO/c1-10(2)8-13-9-11(3)7-12-5-4-6-14-12/h7,10,12-13H,4-6,8-9H2,1-3H3/b11-7+. The lowest BCUT2D eigenvalue weighted by Crippen LogP contribution is -2.21. The first-order chi connectivity index (χ1) is 6.68. The Morgan fingerprint density at radius 1 is 1.57 bits per heavy atom. The second kappa shape index (κ2) is 6.20. The highest BCUT2D eigenvalue weighted by molar-refractivity contribution is 5.04. The molecule has 1 aliphatic rings. The molecule has 0 spiro atoms. The van der Waals surface area contributed by atoms with Gasteiger partial charge in [-0.3, -0.25) is 0 Å². The van der Waals surface area contributed by atoms with E-state index in [1.807, 2.05) is 0 Å². The average Bonchev–Trinajstić information content (AvgIpc) is 2.56. The van der Waals surface area contributed by atoms with Crippen molar-refractivity contribution in [2.45, 2.75) is 39.7 Å². The monoisotopic (exact) mass is 197 g/mol. The molecular weight excluding hydrogens is 174 g/mol. The minimum Gasteiger partial charge on any atom is -0.374 e. The number of ether oxygens (including phenoxy) is 1. The maximum atomic E-state index is 5.55. The molecule has 1 N–H and O–H groups in total. The molecule has 2 nitrogen and oxygen atoms in total. The van der Waals surface area contributed by atoms with E-state index in [2.05, 4.69) is 32.2 Å². The summed E-state index contributed by atoms with van der Waals surface area (Å²) in [5.41, 5.74) is 1.40. The SMILES string of the molecule is C/C(=C\C1CCCO1)CNCC(C)C. The fourth-order valence-corrected chi connectivity index (χ4v) is 1.67. The maximum absolute atomic E-state index is 5.55. The van der Waals surface area contributed by atoms with Gasteiger partial charge in [-0.2, -0.15) is 0 Å². The first-order valence-corrected chi connectivity index (χ1v) is 5.68. The van der Waals surface area contributed by atoms with Crippen LogP contribution in [-0.2, 0) is 4.74 Å². The third-order valence-electron chi connectivity index (χ3n) is 2.39. The fourth-order valence-electron chi connectivity index (χ4n) is 1.67. The quantitative estimate of drug-likeness (QED) is 0.683. The van der Waals surface area contributed by atoms with Gasteiger partial charge in [-0.1, -0.05) is 25.5 Å². The second-order valence-electron chi connectivity index (χ2n) is 4.59. The summed E-state index contributed by atoms with van der Waals surface area (Å²) in [5.74, 6) is 0.727. The van der Waals surface area contributed by atoms with Gasteiger partial charge in [0.25, 0.3) is 0 Å². The van der Waals surface area contributed by atoms with E-state index < -0.39 is 0 Å². The molecule has 0 aromatic carbocycles. The first kappa shape index (κ1) is 11.7. The Hall–Kier alpha value is -0.340. The van der Waals surface area contributed by atoms with Gasteiger partial charge < -0.3 is 10.1 Å². The average molecular weight is 197 g/mol. The van der Waals surface area contributed by atoms with Crippen LogP contribution < -0.4 is 5.32 Å². The molecule has 0 bridgehead atoms. The van der Waals surface area contributed by atoms with Gasteiger partial charge in [0.15, 0.2) is 0 Å². The summed E-state index contributed by atoms with van der Waals surface area (Å²) in [4.78, 5) is 0. The van der Waals surface area contributed by atoms with Crippen LogP contribution >= 0.6 is 0 Å². The number of hydrogen-bond acceptors (Lipinski definition) is 2. The van der Waals surface area contributed by atoms with Crippen molar-refractivity contribution in [3.8, 4) is 0 Å². The largest absolute Gasteiger partial charge is 0.374 e. The number of hydrogen-bond donors (Lipinski definition) is 1. The molecule has 0 aromatic rings. The van der Waals surface area contributed by atoms with Crippen molar-refractivity contribution in [3.63, 3.8) is 0 Å². The van der Waals surface area contributed by atoms with Gasteiger partial charge in [0.2, 0.25) is 0 Å². The van der Waals surface area contributed by atoms with Crippen LogP contribution in [0, 0.1) is 5.92 Å². The molecular formula is C12H23NO. The Balaban J connectivity index is 2.16. The molecule has 0 aliphatic carbocycles. The van der Waals surface area contributed by atoms with Crippen molar-refractivity contribution in [1.82, 2.24) is 5.32 Å². The summed E-state index contributed by atoms with van der Waals surface area (Å²) in [6, 6.07) is 0. The predicted octanol–water partition coefficient (Wildman–Crippen LogP) is 2.36. The molecule has 0 amide bonds. The van der Waals surface area contributed by atoms with Crippen LogP contribution in [0.2, 0.25) is 0 Å². The van der Waals surface area contributed by atoms with Crippen LogP contribution in [0.3, 0.4) is 0 Å². The van der Waals surface area contributed by atoms with Crippen LogP contribution in [-0.4, -0.2) is 25.8 Å². The van der Waals surface area contributed by atoms with Crippen LogP contribution in [0.1, 0.15) is 33.6 Å². The molecule has 1 heterocycles. The second-order valence-corrected chi connectivity index (χ2v) is 4.59. The van der Waals surface area contributed by atoms with Crippen molar-refractivity contribution in [3.05, 3.63) is 11.6 Å². The topological polar surface area (TPSA) is 21.3 Å². The lowest BCUT2D eigenvalue weighted by molar-refractivity contribution is 0.145. The van der Waals surface area contributed by atoms with Gasteiger partial charge in [-0.05, 0) is 32.2 Å². The predicted molar refractivity (Wildman–Crippen MR) is 60.4 cm³/mol. The molecule has 0 radical (unpaired) electrons. The highest BCUT2D eigenvalue weighted by Crippen LogP contribution is 2.14. The van der Waals surface area contributed by atoms with E-state index in [1.165, 1.54) is 18.4 Å². The van der Waals surface area contributed by atoms with E-state index in [9.17, 15) is 0 Å². The molecule has 2 heteroatoms. The zero-order chi connectivity index (χ0) is 10.4. The van der Waals surface area contributed by atoms with Crippen molar-refractivity contribution in [2.75, 3.05) is 19.7 Å². The van der Waals surface area contributed by atoms with Crippen LogP contribution in [0.5, 0.6) is 0 Å². The minimum atomic E-state index is 0.385. The maximum Gasteiger partial charge on any atom is 0.0759 e. The molecule has 1 atom stereocenters. The molecule has 1 fully saturated rings. The molecule has 1 aliphatic heterocycles. The Bertz CT molecular complexity index is 181. The molecule has 1 saturated heterocycles. The van der Waals surface area contributed by atoms with Crippen molar-refractivity contribution in [1.29, 1.82) is 0 Å². The molecule has 82 valence electrons. The third kappa shape index (κ3) is 4.77. The van der Waals surface area contributed by atoms with Crippen molar-refractivity contribution >= 4 is 0 Å². The Morgan fingerprint density at radius 3 is 2.93 bits per heavy atom. The van der Waals surface area contributed by atoms with Crippen LogP contribution in [0.4, 0.5) is 0 Å². The van der Waals surface area contributed by atoms with Gasteiger partial charge in [-0.25, -0.2) is 0 Å².